The SMILES string of the molecule is COCC1OC(OCCC(CCC(C)C2C(O)C(O)C3C2(C)CCC2C4(C)CCC(O)CC4C(O)CC23O)C(C)C)C(OS(=O)(=O)O)C1O. The van der Waals surface area contributed by atoms with Crippen LogP contribution in [0.5, 0.6) is 0 Å². The maximum absolute atomic E-state index is 12.6. The van der Waals surface area contributed by atoms with Gasteiger partial charge in [0.05, 0.1) is 43.2 Å². The molecule has 4 saturated carbocycles. The lowest BCUT2D eigenvalue weighted by molar-refractivity contribution is -0.264. The summed E-state index contributed by atoms with van der Waals surface area (Å²) in [6.45, 7) is 10.7. The number of hydrogen-bond donors (Lipinski definition) is 7. The summed E-state index contributed by atoms with van der Waals surface area (Å²) in [5, 5.41) is 68.2. The Kier molecular flexibility index (Phi) is 11.9. The van der Waals surface area contributed by atoms with E-state index in [2.05, 4.69) is 38.8 Å². The molecule has 0 amide bonds. The van der Waals surface area contributed by atoms with Gasteiger partial charge in [-0.05, 0) is 91.3 Å². The van der Waals surface area contributed by atoms with E-state index in [9.17, 15) is 43.6 Å². The Hall–Kier alpha value is -0.490. The third-order valence-electron chi connectivity index (χ3n) is 14.0. The van der Waals surface area contributed by atoms with Crippen molar-refractivity contribution in [2.45, 2.75) is 147 Å². The van der Waals surface area contributed by atoms with Crippen molar-refractivity contribution in [2.24, 2.45) is 52.3 Å². The van der Waals surface area contributed by atoms with E-state index in [1.165, 1.54) is 7.11 Å². The molecule has 5 fully saturated rings. The van der Waals surface area contributed by atoms with E-state index in [1.54, 1.807) is 0 Å². The molecule has 1 heterocycles. The Balaban J connectivity index is 1.24. The van der Waals surface area contributed by atoms with Gasteiger partial charge >= 0.3 is 10.4 Å². The normalized spacial score (nSPS) is 48.2. The first-order valence-electron chi connectivity index (χ1n) is 18.3. The molecular formula is C35H62O13S. The van der Waals surface area contributed by atoms with Crippen molar-refractivity contribution < 1.29 is 62.0 Å². The highest BCUT2D eigenvalue weighted by atomic mass is 32.3. The fraction of sp³-hybridized carbons (Fsp3) is 1.00. The zero-order valence-electron chi connectivity index (χ0n) is 29.9. The van der Waals surface area contributed by atoms with Crippen LogP contribution in [0.15, 0.2) is 0 Å². The van der Waals surface area contributed by atoms with Crippen LogP contribution < -0.4 is 0 Å². The topological polar surface area (TPSA) is 213 Å². The van der Waals surface area contributed by atoms with Gasteiger partial charge in [0, 0.05) is 19.4 Å². The molecule has 17 atom stereocenters. The van der Waals surface area contributed by atoms with Crippen LogP contribution >= 0.6 is 0 Å². The van der Waals surface area contributed by atoms with Crippen molar-refractivity contribution in [1.29, 1.82) is 0 Å². The summed E-state index contributed by atoms with van der Waals surface area (Å²) in [5.74, 6) is -0.639. The van der Waals surface area contributed by atoms with Crippen LogP contribution in [0.25, 0.3) is 0 Å². The van der Waals surface area contributed by atoms with Gasteiger partial charge in [0.2, 0.25) is 0 Å². The second-order valence-electron chi connectivity index (χ2n) is 17.1. The van der Waals surface area contributed by atoms with Crippen molar-refractivity contribution in [3.8, 4) is 0 Å². The van der Waals surface area contributed by atoms with E-state index < -0.39 is 76.4 Å². The third-order valence-corrected chi connectivity index (χ3v) is 14.5. The molecule has 286 valence electrons. The van der Waals surface area contributed by atoms with Crippen LogP contribution in [0.2, 0.25) is 0 Å². The molecule has 0 aromatic carbocycles. The largest absolute Gasteiger partial charge is 0.397 e. The molecule has 0 aromatic heterocycles. The zero-order valence-corrected chi connectivity index (χ0v) is 30.7. The molecule has 14 heteroatoms. The van der Waals surface area contributed by atoms with Crippen LogP contribution in [0.4, 0.5) is 0 Å². The predicted molar refractivity (Wildman–Crippen MR) is 177 cm³/mol. The first-order valence-corrected chi connectivity index (χ1v) is 19.7. The average molecular weight is 723 g/mol. The van der Waals surface area contributed by atoms with Gasteiger partial charge in [-0.25, -0.2) is 4.18 Å². The molecule has 1 aliphatic heterocycles. The highest BCUT2D eigenvalue weighted by molar-refractivity contribution is 7.80. The van der Waals surface area contributed by atoms with Crippen molar-refractivity contribution in [3.05, 3.63) is 0 Å². The summed E-state index contributed by atoms with van der Waals surface area (Å²) < 4.78 is 53.3. The van der Waals surface area contributed by atoms with E-state index in [4.69, 9.17) is 14.2 Å². The number of fused-ring (bicyclic) bond motifs is 5. The van der Waals surface area contributed by atoms with Crippen molar-refractivity contribution in [3.63, 3.8) is 0 Å². The Morgan fingerprint density at radius 2 is 1.59 bits per heavy atom. The van der Waals surface area contributed by atoms with Gasteiger partial charge < -0.3 is 44.8 Å². The molecule has 49 heavy (non-hydrogen) atoms. The molecule has 0 spiro atoms. The van der Waals surface area contributed by atoms with Crippen molar-refractivity contribution in [1.82, 2.24) is 0 Å². The molecule has 5 aliphatic rings. The molecule has 4 aliphatic carbocycles. The summed E-state index contributed by atoms with van der Waals surface area (Å²) in [7, 11) is -3.46. The first kappa shape index (κ1) is 39.7. The smallest absolute Gasteiger partial charge is 0.393 e. The van der Waals surface area contributed by atoms with E-state index in [-0.39, 0.29) is 60.6 Å². The first-order chi connectivity index (χ1) is 22.8. The molecule has 13 nitrogen and oxygen atoms in total. The quantitative estimate of drug-likeness (QED) is 0.136. The van der Waals surface area contributed by atoms with Crippen molar-refractivity contribution in [2.75, 3.05) is 20.3 Å². The standard InChI is InChI=1S/C35H62O13S/c1-18(2)20(11-14-46-32-30(48-49(42,43)44)27(38)24(47-32)17-45-6)8-7-19(3)26-28(39)29(40)31-34(26,5)13-10-25-33(4)12-9-21(36)15-22(33)23(37)16-35(25,31)41/h18-32,36-41H,7-17H2,1-6H3,(H,42,43,44). The maximum atomic E-state index is 12.6. The fourth-order valence-electron chi connectivity index (χ4n) is 11.7. The summed E-state index contributed by atoms with van der Waals surface area (Å²) in [5.41, 5.74) is -2.24. The summed E-state index contributed by atoms with van der Waals surface area (Å²) >= 11 is 0. The Morgan fingerprint density at radius 3 is 2.22 bits per heavy atom. The third kappa shape index (κ3) is 7.37. The molecule has 5 rings (SSSR count). The molecule has 0 bridgehead atoms. The number of ether oxygens (including phenoxy) is 3. The Bertz CT molecular complexity index is 1240. The highest BCUT2D eigenvalue weighted by Crippen LogP contribution is 2.69. The second-order valence-corrected chi connectivity index (χ2v) is 18.1. The van der Waals surface area contributed by atoms with Crippen LogP contribution in [0.3, 0.4) is 0 Å². The minimum absolute atomic E-state index is 0.0132. The number of aliphatic hydroxyl groups is 6. The molecule has 0 radical (unpaired) electrons. The van der Waals surface area contributed by atoms with E-state index in [1.807, 2.05) is 0 Å². The minimum Gasteiger partial charge on any atom is -0.393 e. The fourth-order valence-corrected chi connectivity index (χ4v) is 12.2. The second kappa shape index (κ2) is 14.7. The van der Waals surface area contributed by atoms with Gasteiger partial charge in [-0.1, -0.05) is 41.0 Å². The lowest BCUT2D eigenvalue weighted by atomic mass is 9.42. The van der Waals surface area contributed by atoms with Gasteiger partial charge in [0.25, 0.3) is 0 Å². The highest BCUT2D eigenvalue weighted by Gasteiger charge is 2.72. The van der Waals surface area contributed by atoms with Crippen LogP contribution in [0, 0.1) is 52.3 Å². The molecule has 0 aromatic rings. The minimum atomic E-state index is -4.87. The maximum Gasteiger partial charge on any atom is 0.397 e. The van der Waals surface area contributed by atoms with Gasteiger partial charge in [0.15, 0.2) is 12.4 Å². The van der Waals surface area contributed by atoms with Gasteiger partial charge in [0.1, 0.15) is 12.2 Å². The van der Waals surface area contributed by atoms with Gasteiger partial charge in [-0.15, -0.1) is 0 Å². The van der Waals surface area contributed by atoms with Crippen molar-refractivity contribution >= 4 is 10.4 Å². The number of methoxy groups -OCH3 is 1. The lowest BCUT2D eigenvalue weighted by Crippen LogP contribution is -2.68. The number of hydrogen-bond acceptors (Lipinski definition) is 12. The predicted octanol–water partition coefficient (Wildman–Crippen LogP) is 2.05. The molecule has 1 saturated heterocycles. The number of rotatable bonds is 13. The van der Waals surface area contributed by atoms with Crippen LogP contribution in [-0.4, -0.2) is 119 Å². The zero-order chi connectivity index (χ0) is 36.3. The monoisotopic (exact) mass is 722 g/mol. The van der Waals surface area contributed by atoms with E-state index in [0.717, 1.165) is 25.7 Å². The summed E-state index contributed by atoms with van der Waals surface area (Å²) in [6.07, 6.45) is -2.74. The van der Waals surface area contributed by atoms with Gasteiger partial charge in [-0.2, -0.15) is 8.42 Å². The molecule has 7 N–H and O–H groups in total. The van der Waals surface area contributed by atoms with E-state index in [0.29, 0.717) is 25.7 Å². The Morgan fingerprint density at radius 1 is 0.918 bits per heavy atom. The summed E-state index contributed by atoms with van der Waals surface area (Å²) in [6, 6.07) is 0. The average Bonchev–Trinajstić information content (AvgIpc) is 3.38. The summed E-state index contributed by atoms with van der Waals surface area (Å²) in [4.78, 5) is 0. The number of aliphatic hydroxyl groups excluding tert-OH is 5. The van der Waals surface area contributed by atoms with Crippen LogP contribution in [0.1, 0.15) is 92.4 Å². The van der Waals surface area contributed by atoms with E-state index >= 15 is 0 Å². The molecule has 17 unspecified atom stereocenters. The lowest BCUT2D eigenvalue weighted by Gasteiger charge is -2.65. The van der Waals surface area contributed by atoms with Gasteiger partial charge in [-0.3, -0.25) is 4.55 Å². The Labute approximate surface area is 291 Å². The van der Waals surface area contributed by atoms with Crippen LogP contribution in [-0.2, 0) is 28.8 Å². The molecular weight excluding hydrogens is 660 g/mol.